The molecule has 2 aromatic carbocycles. The van der Waals surface area contributed by atoms with Crippen LogP contribution in [0.5, 0.6) is 5.75 Å². The molecule has 0 fully saturated rings. The van der Waals surface area contributed by atoms with Gasteiger partial charge in [-0.05, 0) is 37.3 Å². The number of carbonyl (C=O) groups excluding carboxylic acids is 1. The summed E-state index contributed by atoms with van der Waals surface area (Å²) in [5.41, 5.74) is 4.66. The fraction of sp³-hybridized carbons (Fsp3) is 0.133. The molecule has 0 saturated heterocycles. The molecule has 0 unspecified atom stereocenters. The molecule has 3 nitrogen and oxygen atoms in total. The van der Waals surface area contributed by atoms with Gasteiger partial charge >= 0.3 is 0 Å². The fourth-order valence-electron chi connectivity index (χ4n) is 1.88. The van der Waals surface area contributed by atoms with E-state index in [1.807, 2.05) is 0 Å². The van der Waals surface area contributed by atoms with E-state index in [0.717, 1.165) is 12.1 Å². The number of ketones is 1. The zero-order valence-corrected chi connectivity index (χ0v) is 12.7. The van der Waals surface area contributed by atoms with Crippen molar-refractivity contribution in [2.24, 2.45) is 0 Å². The number of nitrogen functional groups attached to an aromatic ring is 1. The first-order valence-electron chi connectivity index (χ1n) is 6.15. The smallest absolute Gasteiger partial charge is 0.199 e. The van der Waals surface area contributed by atoms with Crippen LogP contribution in [-0.4, -0.2) is 12.4 Å². The van der Waals surface area contributed by atoms with Crippen LogP contribution in [0, 0.1) is 11.6 Å². The molecule has 0 aromatic heterocycles. The molecule has 2 aromatic rings. The predicted octanol–water partition coefficient (Wildman–Crippen LogP) is 3.94. The third-order valence-electron chi connectivity index (χ3n) is 2.80. The van der Waals surface area contributed by atoms with Crippen LogP contribution in [-0.2, 0) is 0 Å². The maximum absolute atomic E-state index is 14.0. The number of hydrogen-bond acceptors (Lipinski definition) is 3. The molecule has 0 saturated carbocycles. The van der Waals surface area contributed by atoms with Gasteiger partial charge in [0.15, 0.2) is 11.6 Å². The minimum Gasteiger partial charge on any atom is -0.493 e. The number of benzene rings is 2. The largest absolute Gasteiger partial charge is 0.493 e. The molecule has 2 N–H and O–H groups in total. The van der Waals surface area contributed by atoms with Crippen molar-refractivity contribution >= 4 is 27.4 Å². The van der Waals surface area contributed by atoms with Crippen molar-refractivity contribution in [2.45, 2.75) is 6.92 Å². The second kappa shape index (κ2) is 6.22. The summed E-state index contributed by atoms with van der Waals surface area (Å²) in [4.78, 5) is 12.5. The second-order valence-corrected chi connectivity index (χ2v) is 5.17. The van der Waals surface area contributed by atoms with Crippen molar-refractivity contribution in [2.75, 3.05) is 12.3 Å². The molecule has 21 heavy (non-hydrogen) atoms. The van der Waals surface area contributed by atoms with E-state index in [0.29, 0.717) is 16.8 Å². The summed E-state index contributed by atoms with van der Waals surface area (Å²) in [6.07, 6.45) is 0. The highest BCUT2D eigenvalue weighted by Gasteiger charge is 2.21. The lowest BCUT2D eigenvalue weighted by Gasteiger charge is -2.11. The van der Waals surface area contributed by atoms with Gasteiger partial charge in [0.2, 0.25) is 0 Å². The van der Waals surface area contributed by atoms with Gasteiger partial charge in [-0.3, -0.25) is 4.79 Å². The topological polar surface area (TPSA) is 52.3 Å². The van der Waals surface area contributed by atoms with Gasteiger partial charge in [0.1, 0.15) is 11.6 Å². The zero-order valence-electron chi connectivity index (χ0n) is 11.1. The number of anilines is 1. The molecule has 0 bridgehead atoms. The maximum atomic E-state index is 14.0. The van der Waals surface area contributed by atoms with E-state index in [4.69, 9.17) is 10.5 Å². The van der Waals surface area contributed by atoms with Gasteiger partial charge < -0.3 is 10.5 Å². The van der Waals surface area contributed by atoms with Crippen LogP contribution < -0.4 is 10.5 Å². The summed E-state index contributed by atoms with van der Waals surface area (Å²) in [5, 5.41) is 0. The van der Waals surface area contributed by atoms with Gasteiger partial charge in [0.05, 0.1) is 23.4 Å². The number of halogens is 3. The lowest BCUT2D eigenvalue weighted by atomic mass is 10.0. The van der Waals surface area contributed by atoms with Crippen LogP contribution >= 0.6 is 15.9 Å². The Labute approximate surface area is 128 Å². The predicted molar refractivity (Wildman–Crippen MR) is 79.5 cm³/mol. The van der Waals surface area contributed by atoms with E-state index < -0.39 is 28.7 Å². The average Bonchev–Trinajstić information content (AvgIpc) is 2.44. The van der Waals surface area contributed by atoms with Crippen LogP contribution in [0.1, 0.15) is 22.8 Å². The van der Waals surface area contributed by atoms with Gasteiger partial charge in [-0.25, -0.2) is 8.78 Å². The highest BCUT2D eigenvalue weighted by Crippen LogP contribution is 2.28. The highest BCUT2D eigenvalue weighted by molar-refractivity contribution is 9.10. The van der Waals surface area contributed by atoms with Crippen molar-refractivity contribution in [3.8, 4) is 5.75 Å². The lowest BCUT2D eigenvalue weighted by Crippen LogP contribution is -2.10. The molecule has 0 amide bonds. The summed E-state index contributed by atoms with van der Waals surface area (Å²) in [7, 11) is 0. The standard InChI is InChI=1S/C15H12BrF2NO2/c1-2-21-13-4-3-8(16)5-10(13)15(20)11-6-9(17)7-12(19)14(11)18/h3-7H,2,19H2,1H3. The Morgan fingerprint density at radius 3 is 2.62 bits per heavy atom. The number of nitrogens with two attached hydrogens (primary N) is 1. The quantitative estimate of drug-likeness (QED) is 0.667. The van der Waals surface area contributed by atoms with E-state index in [9.17, 15) is 13.6 Å². The Kier molecular flexibility index (Phi) is 4.57. The number of carbonyl (C=O) groups is 1. The van der Waals surface area contributed by atoms with E-state index >= 15 is 0 Å². The van der Waals surface area contributed by atoms with Gasteiger partial charge in [0.25, 0.3) is 0 Å². The normalized spacial score (nSPS) is 10.5. The molecule has 0 heterocycles. The third-order valence-corrected chi connectivity index (χ3v) is 3.29. The van der Waals surface area contributed by atoms with Crippen LogP contribution in [0.25, 0.3) is 0 Å². The zero-order chi connectivity index (χ0) is 15.6. The molecule has 110 valence electrons. The molecule has 0 aliphatic rings. The lowest BCUT2D eigenvalue weighted by molar-refractivity contribution is 0.103. The first-order valence-corrected chi connectivity index (χ1v) is 6.95. The number of rotatable bonds is 4. The van der Waals surface area contributed by atoms with E-state index in [-0.39, 0.29) is 5.56 Å². The Hall–Kier alpha value is -1.95. The van der Waals surface area contributed by atoms with Crippen LogP contribution in [0.2, 0.25) is 0 Å². The molecule has 0 aliphatic heterocycles. The van der Waals surface area contributed by atoms with Gasteiger partial charge in [-0.15, -0.1) is 0 Å². The van der Waals surface area contributed by atoms with Crippen LogP contribution in [0.4, 0.5) is 14.5 Å². The van der Waals surface area contributed by atoms with Gasteiger partial charge in [-0.2, -0.15) is 0 Å². The van der Waals surface area contributed by atoms with Crippen LogP contribution in [0.15, 0.2) is 34.8 Å². The third kappa shape index (κ3) is 3.21. The molecule has 2 rings (SSSR count). The summed E-state index contributed by atoms with van der Waals surface area (Å²) in [6.45, 7) is 2.10. The van der Waals surface area contributed by atoms with E-state index in [1.165, 1.54) is 6.07 Å². The fourth-order valence-corrected chi connectivity index (χ4v) is 2.24. The minimum atomic E-state index is -0.941. The molecule has 0 spiro atoms. The molecular formula is C15H12BrF2NO2. The molecule has 0 atom stereocenters. The van der Waals surface area contributed by atoms with Crippen molar-refractivity contribution < 1.29 is 18.3 Å². The maximum Gasteiger partial charge on any atom is 0.199 e. The minimum absolute atomic E-state index is 0.134. The summed E-state index contributed by atoms with van der Waals surface area (Å²) >= 11 is 3.24. The SMILES string of the molecule is CCOc1ccc(Br)cc1C(=O)c1cc(F)cc(N)c1F. The van der Waals surface area contributed by atoms with Crippen molar-refractivity contribution in [1.82, 2.24) is 0 Å². The Bertz CT molecular complexity index is 704. The van der Waals surface area contributed by atoms with Crippen LogP contribution in [0.3, 0.4) is 0 Å². The highest BCUT2D eigenvalue weighted by atomic mass is 79.9. The van der Waals surface area contributed by atoms with Gasteiger partial charge in [0, 0.05) is 4.47 Å². The number of ether oxygens (including phenoxy) is 1. The first-order chi connectivity index (χ1) is 9.93. The average molecular weight is 356 g/mol. The second-order valence-electron chi connectivity index (χ2n) is 4.26. The summed E-state index contributed by atoms with van der Waals surface area (Å²) < 4.78 is 33.3. The van der Waals surface area contributed by atoms with Crippen molar-refractivity contribution in [1.29, 1.82) is 0 Å². The number of hydrogen-bond donors (Lipinski definition) is 1. The van der Waals surface area contributed by atoms with Gasteiger partial charge in [-0.1, -0.05) is 15.9 Å². The Balaban J connectivity index is 2.57. The summed E-state index contributed by atoms with van der Waals surface area (Å²) in [5.74, 6) is -2.11. The van der Waals surface area contributed by atoms with E-state index in [1.54, 1.807) is 19.1 Å². The molecule has 0 radical (unpaired) electrons. The summed E-state index contributed by atoms with van der Waals surface area (Å²) in [6, 6.07) is 6.43. The monoisotopic (exact) mass is 355 g/mol. The van der Waals surface area contributed by atoms with E-state index in [2.05, 4.69) is 15.9 Å². The molecule has 0 aliphatic carbocycles. The van der Waals surface area contributed by atoms with Crippen molar-refractivity contribution in [3.63, 3.8) is 0 Å². The molecule has 6 heteroatoms. The Morgan fingerprint density at radius 2 is 1.95 bits per heavy atom. The Morgan fingerprint density at radius 1 is 1.24 bits per heavy atom. The molecular weight excluding hydrogens is 344 g/mol. The first kappa shape index (κ1) is 15.4. The van der Waals surface area contributed by atoms with Crippen molar-refractivity contribution in [3.05, 3.63) is 57.6 Å².